The molecule has 0 saturated carbocycles. The number of pyridine rings is 1. The molecule has 0 radical (unpaired) electrons. The summed E-state index contributed by atoms with van der Waals surface area (Å²) in [5, 5.41) is 0.258. The first-order valence-corrected chi connectivity index (χ1v) is 4.58. The van der Waals surface area contributed by atoms with Gasteiger partial charge in [-0.05, 0) is 12.1 Å². The molecule has 0 atom stereocenters. The second kappa shape index (κ2) is 3.79. The molecule has 0 aromatic carbocycles. The van der Waals surface area contributed by atoms with Crippen molar-refractivity contribution in [3.8, 4) is 5.82 Å². The number of hydrogen-bond acceptors (Lipinski definition) is 2. The van der Waals surface area contributed by atoms with Gasteiger partial charge >= 0.3 is 6.18 Å². The van der Waals surface area contributed by atoms with Gasteiger partial charge in [-0.15, -0.1) is 0 Å². The van der Waals surface area contributed by atoms with E-state index in [1.165, 1.54) is 12.3 Å². The first kappa shape index (κ1) is 10.9. The molecule has 7 heteroatoms. The Morgan fingerprint density at radius 3 is 2.56 bits per heavy atom. The summed E-state index contributed by atoms with van der Waals surface area (Å²) in [5.41, 5.74) is -0.978. The van der Waals surface area contributed by atoms with E-state index < -0.39 is 11.9 Å². The summed E-state index contributed by atoms with van der Waals surface area (Å²) in [6, 6.07) is 3.13. The quantitative estimate of drug-likeness (QED) is 0.776. The highest BCUT2D eigenvalue weighted by Gasteiger charge is 2.33. The lowest BCUT2D eigenvalue weighted by molar-refractivity contribution is -0.140. The Bertz CT molecular complexity index is 507. The predicted molar refractivity (Wildman–Crippen MR) is 51.4 cm³/mol. The van der Waals surface area contributed by atoms with Gasteiger partial charge in [-0.25, -0.2) is 9.97 Å². The van der Waals surface area contributed by atoms with Crippen molar-refractivity contribution in [3.05, 3.63) is 41.6 Å². The summed E-state index contributed by atoms with van der Waals surface area (Å²) in [4.78, 5) is 7.11. The highest BCUT2D eigenvalue weighted by molar-refractivity contribution is 6.32. The average Bonchev–Trinajstić information content (AvgIpc) is 2.66. The van der Waals surface area contributed by atoms with Gasteiger partial charge in [0, 0.05) is 12.4 Å². The lowest BCUT2D eigenvalue weighted by atomic mass is 10.4. The molecule has 0 bridgehead atoms. The molecule has 2 heterocycles. The van der Waals surface area contributed by atoms with Gasteiger partial charge in [0.2, 0.25) is 0 Å². The molecule has 3 nitrogen and oxygen atoms in total. The summed E-state index contributed by atoms with van der Waals surface area (Å²) >= 11 is 5.79. The summed E-state index contributed by atoms with van der Waals surface area (Å²) in [6.45, 7) is 0. The van der Waals surface area contributed by atoms with Crippen molar-refractivity contribution in [1.29, 1.82) is 0 Å². The third-order valence-corrected chi connectivity index (χ3v) is 2.15. The van der Waals surface area contributed by atoms with Gasteiger partial charge < -0.3 is 0 Å². The highest BCUT2D eigenvalue weighted by Crippen LogP contribution is 2.28. The lowest BCUT2D eigenvalue weighted by Crippen LogP contribution is -2.05. The normalized spacial score (nSPS) is 11.8. The Morgan fingerprint density at radius 2 is 2.00 bits per heavy atom. The fourth-order valence-corrected chi connectivity index (χ4v) is 1.37. The molecule has 0 aliphatic rings. The minimum Gasteiger partial charge on any atom is -0.289 e. The van der Waals surface area contributed by atoms with Crippen LogP contribution in [0, 0.1) is 0 Å². The SMILES string of the molecule is FC(F)(F)c1cn(-c2ncccc2Cl)cn1. The Morgan fingerprint density at radius 1 is 1.25 bits per heavy atom. The van der Waals surface area contributed by atoms with Crippen LogP contribution in [-0.4, -0.2) is 14.5 Å². The van der Waals surface area contributed by atoms with Gasteiger partial charge in [-0.3, -0.25) is 4.57 Å². The standard InChI is InChI=1S/C9H5ClF3N3/c10-6-2-1-3-14-8(6)16-4-7(15-5-16)9(11,12)13/h1-5H. The van der Waals surface area contributed by atoms with Crippen molar-refractivity contribution in [2.45, 2.75) is 6.18 Å². The zero-order valence-electron chi connectivity index (χ0n) is 7.74. The zero-order valence-corrected chi connectivity index (χ0v) is 8.50. The molecule has 0 saturated heterocycles. The highest BCUT2D eigenvalue weighted by atomic mass is 35.5. The molecule has 0 spiro atoms. The van der Waals surface area contributed by atoms with Crippen LogP contribution in [0.2, 0.25) is 5.02 Å². The molecule has 84 valence electrons. The Kier molecular flexibility index (Phi) is 2.59. The molecular formula is C9H5ClF3N3. The lowest BCUT2D eigenvalue weighted by Gasteiger charge is -2.02. The number of imidazole rings is 1. The average molecular weight is 248 g/mol. The van der Waals surface area contributed by atoms with Crippen LogP contribution < -0.4 is 0 Å². The number of alkyl halides is 3. The number of halogens is 4. The van der Waals surface area contributed by atoms with Gasteiger partial charge in [-0.1, -0.05) is 11.6 Å². The molecule has 0 aliphatic heterocycles. The Hall–Kier alpha value is -1.56. The van der Waals surface area contributed by atoms with Gasteiger partial charge in [0.25, 0.3) is 0 Å². The van der Waals surface area contributed by atoms with E-state index in [-0.39, 0.29) is 10.8 Å². The largest absolute Gasteiger partial charge is 0.434 e. The van der Waals surface area contributed by atoms with Crippen LogP contribution in [0.15, 0.2) is 30.9 Å². The second-order valence-electron chi connectivity index (χ2n) is 2.97. The Balaban J connectivity index is 2.44. The number of hydrogen-bond donors (Lipinski definition) is 0. The summed E-state index contributed by atoms with van der Waals surface area (Å²) in [6.07, 6.45) is -1.16. The molecule has 0 amide bonds. The molecule has 16 heavy (non-hydrogen) atoms. The van der Waals surface area contributed by atoms with Crippen molar-refractivity contribution in [2.24, 2.45) is 0 Å². The molecule has 0 N–H and O–H groups in total. The third kappa shape index (κ3) is 2.01. The van der Waals surface area contributed by atoms with Crippen molar-refractivity contribution >= 4 is 11.6 Å². The minimum absolute atomic E-state index is 0.215. The van der Waals surface area contributed by atoms with Crippen molar-refractivity contribution in [3.63, 3.8) is 0 Å². The van der Waals surface area contributed by atoms with Crippen molar-refractivity contribution in [1.82, 2.24) is 14.5 Å². The summed E-state index contributed by atoms with van der Waals surface area (Å²) in [7, 11) is 0. The van der Waals surface area contributed by atoms with E-state index in [4.69, 9.17) is 11.6 Å². The monoisotopic (exact) mass is 247 g/mol. The second-order valence-corrected chi connectivity index (χ2v) is 3.38. The first-order valence-electron chi connectivity index (χ1n) is 4.20. The summed E-state index contributed by atoms with van der Waals surface area (Å²) < 4.78 is 38.0. The molecule has 2 aromatic heterocycles. The van der Waals surface area contributed by atoms with E-state index in [2.05, 4.69) is 9.97 Å². The maximum Gasteiger partial charge on any atom is 0.434 e. The van der Waals surface area contributed by atoms with E-state index >= 15 is 0 Å². The van der Waals surface area contributed by atoms with Crippen LogP contribution in [0.1, 0.15) is 5.69 Å². The van der Waals surface area contributed by atoms with Crippen LogP contribution >= 0.6 is 11.6 Å². The molecule has 0 unspecified atom stereocenters. The Labute approximate surface area is 93.5 Å². The smallest absolute Gasteiger partial charge is 0.289 e. The number of aromatic nitrogens is 3. The van der Waals surface area contributed by atoms with Crippen LogP contribution in [-0.2, 0) is 6.18 Å². The van der Waals surface area contributed by atoms with E-state index in [0.29, 0.717) is 0 Å². The van der Waals surface area contributed by atoms with Gasteiger partial charge in [0.15, 0.2) is 11.5 Å². The van der Waals surface area contributed by atoms with Crippen LogP contribution in [0.5, 0.6) is 0 Å². The molecular weight excluding hydrogens is 243 g/mol. The molecule has 0 aliphatic carbocycles. The molecule has 2 rings (SSSR count). The number of nitrogens with zero attached hydrogens (tertiary/aromatic N) is 3. The van der Waals surface area contributed by atoms with E-state index in [0.717, 1.165) is 17.1 Å². The van der Waals surface area contributed by atoms with Crippen LogP contribution in [0.3, 0.4) is 0 Å². The minimum atomic E-state index is -4.47. The van der Waals surface area contributed by atoms with Crippen LogP contribution in [0.4, 0.5) is 13.2 Å². The maximum absolute atomic E-state index is 12.3. The topological polar surface area (TPSA) is 30.7 Å². The van der Waals surface area contributed by atoms with E-state index in [1.807, 2.05) is 0 Å². The van der Waals surface area contributed by atoms with E-state index in [9.17, 15) is 13.2 Å². The number of rotatable bonds is 1. The summed E-state index contributed by atoms with van der Waals surface area (Å²) in [5.74, 6) is 0.215. The molecule has 0 fully saturated rings. The van der Waals surface area contributed by atoms with Crippen LogP contribution in [0.25, 0.3) is 5.82 Å². The van der Waals surface area contributed by atoms with Gasteiger partial charge in [0.05, 0.1) is 5.02 Å². The first-order chi connectivity index (χ1) is 7.48. The maximum atomic E-state index is 12.3. The fourth-order valence-electron chi connectivity index (χ4n) is 1.15. The van der Waals surface area contributed by atoms with Gasteiger partial charge in [-0.2, -0.15) is 13.2 Å². The third-order valence-electron chi connectivity index (χ3n) is 1.86. The molecule has 2 aromatic rings. The predicted octanol–water partition coefficient (Wildman–Crippen LogP) is 2.94. The fraction of sp³-hybridized carbons (Fsp3) is 0.111. The van der Waals surface area contributed by atoms with Crippen molar-refractivity contribution < 1.29 is 13.2 Å². The van der Waals surface area contributed by atoms with Gasteiger partial charge in [0.1, 0.15) is 6.33 Å². The zero-order chi connectivity index (χ0) is 11.8. The van der Waals surface area contributed by atoms with E-state index in [1.54, 1.807) is 6.07 Å². The van der Waals surface area contributed by atoms with Crippen molar-refractivity contribution in [2.75, 3.05) is 0 Å².